The fourth-order valence-corrected chi connectivity index (χ4v) is 3.52. The summed E-state index contributed by atoms with van der Waals surface area (Å²) in [5.74, 6) is 0. The third-order valence-corrected chi connectivity index (χ3v) is 4.76. The Kier molecular flexibility index (Phi) is 4.71. The zero-order valence-corrected chi connectivity index (χ0v) is 15.2. The van der Waals surface area contributed by atoms with Crippen LogP contribution in [0.4, 0.5) is 0 Å². The van der Waals surface area contributed by atoms with Gasteiger partial charge in [-0.1, -0.05) is 12.1 Å². The summed E-state index contributed by atoms with van der Waals surface area (Å²) in [6, 6.07) is 8.00. The van der Waals surface area contributed by atoms with Crippen LogP contribution in [0, 0.1) is 0 Å². The van der Waals surface area contributed by atoms with Gasteiger partial charge >= 0.3 is 0 Å². The first-order valence-corrected chi connectivity index (χ1v) is 8.92. The van der Waals surface area contributed by atoms with Gasteiger partial charge in [-0.2, -0.15) is 5.10 Å². The van der Waals surface area contributed by atoms with Gasteiger partial charge in [0.25, 0.3) is 0 Å². The monoisotopic (exact) mass is 356 g/mol. The van der Waals surface area contributed by atoms with Crippen LogP contribution in [0.5, 0.6) is 0 Å². The molecule has 1 aliphatic heterocycles. The van der Waals surface area contributed by atoms with Crippen molar-refractivity contribution in [1.82, 2.24) is 29.9 Å². The Balaban J connectivity index is 1.52. The van der Waals surface area contributed by atoms with Crippen LogP contribution in [0.2, 0.25) is 0 Å². The molecule has 0 saturated heterocycles. The molecule has 0 fully saturated rings. The van der Waals surface area contributed by atoms with E-state index in [9.17, 15) is 5.11 Å². The van der Waals surface area contributed by atoms with E-state index in [0.29, 0.717) is 6.54 Å². The molecule has 8 heteroatoms. The summed E-state index contributed by atoms with van der Waals surface area (Å²) in [6.07, 6.45) is 0.457. The number of fused-ring (bicyclic) bond motifs is 2. The molecule has 0 bridgehead atoms. The Bertz CT molecular complexity index is 887. The number of hydrogen-bond donors (Lipinski definition) is 1. The smallest absolute Gasteiger partial charge is 0.139 e. The molecule has 26 heavy (non-hydrogen) atoms. The zero-order valence-electron chi connectivity index (χ0n) is 15.2. The molecule has 2 aromatic heterocycles. The fourth-order valence-electron chi connectivity index (χ4n) is 3.52. The first kappa shape index (κ1) is 17.1. The number of aryl methyl sites for hydroxylation is 1. The van der Waals surface area contributed by atoms with E-state index in [1.807, 2.05) is 41.9 Å². The number of aromatic nitrogens is 4. The summed E-state index contributed by atoms with van der Waals surface area (Å²) in [5.41, 5.74) is 4.62. The number of benzene rings is 1. The van der Waals surface area contributed by atoms with Crippen LogP contribution >= 0.6 is 0 Å². The van der Waals surface area contributed by atoms with Gasteiger partial charge in [0.1, 0.15) is 17.1 Å². The van der Waals surface area contributed by atoms with E-state index < -0.39 is 6.10 Å². The van der Waals surface area contributed by atoms with E-state index in [2.05, 4.69) is 26.4 Å². The molecule has 1 atom stereocenters. The van der Waals surface area contributed by atoms with Gasteiger partial charge in [0, 0.05) is 32.7 Å². The third-order valence-electron chi connectivity index (χ3n) is 4.76. The molecule has 0 aliphatic carbocycles. The average Bonchev–Trinajstić information content (AvgIpc) is 3.18. The maximum Gasteiger partial charge on any atom is 0.139 e. The third kappa shape index (κ3) is 3.48. The van der Waals surface area contributed by atoms with Gasteiger partial charge in [0.2, 0.25) is 0 Å². The lowest BCUT2D eigenvalue weighted by Gasteiger charge is -2.19. The molecule has 0 amide bonds. The molecule has 0 spiro atoms. The first-order valence-electron chi connectivity index (χ1n) is 8.92. The highest BCUT2D eigenvalue weighted by molar-refractivity contribution is 5.76. The highest BCUT2D eigenvalue weighted by Gasteiger charge is 2.21. The van der Waals surface area contributed by atoms with Gasteiger partial charge in [0.15, 0.2) is 0 Å². The minimum atomic E-state index is -0.562. The Morgan fingerprint density at radius 2 is 2.15 bits per heavy atom. The maximum atomic E-state index is 10.3. The van der Waals surface area contributed by atoms with Crippen LogP contribution in [0.25, 0.3) is 11.0 Å². The quantitative estimate of drug-likeness (QED) is 0.740. The first-order chi connectivity index (χ1) is 12.6. The SMILES string of the molecule is CN(C)C[C@H](O)c1cc2n(n1)CCCN(Cc1cccc3nonc13)C2. The molecule has 1 aliphatic rings. The van der Waals surface area contributed by atoms with Crippen LogP contribution in [0.15, 0.2) is 28.9 Å². The molecule has 0 unspecified atom stereocenters. The van der Waals surface area contributed by atoms with Crippen molar-refractivity contribution in [2.45, 2.75) is 32.2 Å². The summed E-state index contributed by atoms with van der Waals surface area (Å²) >= 11 is 0. The lowest BCUT2D eigenvalue weighted by molar-refractivity contribution is 0.133. The Hall–Kier alpha value is -2.29. The number of nitrogens with zero attached hydrogens (tertiary/aromatic N) is 6. The lowest BCUT2D eigenvalue weighted by atomic mass is 10.1. The molecule has 1 N–H and O–H groups in total. The van der Waals surface area contributed by atoms with Crippen molar-refractivity contribution in [1.29, 1.82) is 0 Å². The standard InChI is InChI=1S/C18H24N6O2/c1-22(2)12-17(25)16-9-14-11-23(7-4-8-24(14)19-16)10-13-5-3-6-15-18(13)21-26-20-15/h3,5-6,9,17,25H,4,7-8,10-12H2,1-2H3/t17-/m0/s1. The van der Waals surface area contributed by atoms with Crippen LogP contribution in [0.3, 0.4) is 0 Å². The van der Waals surface area contributed by atoms with E-state index in [4.69, 9.17) is 4.63 Å². The van der Waals surface area contributed by atoms with Gasteiger partial charge < -0.3 is 10.0 Å². The van der Waals surface area contributed by atoms with E-state index in [-0.39, 0.29) is 0 Å². The summed E-state index contributed by atoms with van der Waals surface area (Å²) in [6.45, 7) is 4.01. The molecule has 3 heterocycles. The van der Waals surface area contributed by atoms with Crippen LogP contribution in [0.1, 0.15) is 29.5 Å². The van der Waals surface area contributed by atoms with Crippen LogP contribution < -0.4 is 0 Å². The molecule has 0 radical (unpaired) electrons. The molecule has 3 aromatic rings. The number of aliphatic hydroxyl groups is 1. The number of aliphatic hydroxyl groups excluding tert-OH is 1. The van der Waals surface area contributed by atoms with Gasteiger partial charge in [-0.05, 0) is 48.5 Å². The second-order valence-electron chi connectivity index (χ2n) is 7.18. The molecular formula is C18H24N6O2. The Labute approximate surface area is 152 Å². The van der Waals surface area contributed by atoms with Crippen molar-refractivity contribution in [3.05, 3.63) is 41.2 Å². The second-order valence-corrected chi connectivity index (χ2v) is 7.18. The topological polar surface area (TPSA) is 83.5 Å². The summed E-state index contributed by atoms with van der Waals surface area (Å²) in [5, 5.41) is 22.9. The average molecular weight is 356 g/mol. The Morgan fingerprint density at radius 1 is 1.27 bits per heavy atom. The Morgan fingerprint density at radius 3 is 3.00 bits per heavy atom. The number of rotatable bonds is 5. The normalized spacial score (nSPS) is 16.8. The van der Waals surface area contributed by atoms with Crippen molar-refractivity contribution in [3.8, 4) is 0 Å². The molecule has 4 rings (SSSR count). The van der Waals surface area contributed by atoms with E-state index in [1.54, 1.807) is 0 Å². The second kappa shape index (κ2) is 7.14. The molecule has 8 nitrogen and oxygen atoms in total. The van der Waals surface area contributed by atoms with Crippen LogP contribution in [-0.4, -0.2) is 62.2 Å². The van der Waals surface area contributed by atoms with Gasteiger partial charge in [0.05, 0.1) is 11.4 Å². The zero-order chi connectivity index (χ0) is 18.1. The van der Waals surface area contributed by atoms with Crippen molar-refractivity contribution in [2.24, 2.45) is 0 Å². The van der Waals surface area contributed by atoms with Crippen molar-refractivity contribution in [2.75, 3.05) is 27.2 Å². The number of likely N-dealkylation sites (N-methyl/N-ethyl adjacent to an activating group) is 1. The number of hydrogen-bond acceptors (Lipinski definition) is 7. The predicted molar refractivity (Wildman–Crippen MR) is 96.3 cm³/mol. The van der Waals surface area contributed by atoms with E-state index in [0.717, 1.165) is 60.6 Å². The molecular weight excluding hydrogens is 332 g/mol. The van der Waals surface area contributed by atoms with E-state index >= 15 is 0 Å². The fraction of sp³-hybridized carbons (Fsp3) is 0.500. The van der Waals surface area contributed by atoms with Crippen molar-refractivity contribution < 1.29 is 9.74 Å². The van der Waals surface area contributed by atoms with Crippen LogP contribution in [-0.2, 0) is 19.6 Å². The minimum Gasteiger partial charge on any atom is -0.385 e. The highest BCUT2D eigenvalue weighted by Crippen LogP contribution is 2.22. The van der Waals surface area contributed by atoms with Crippen molar-refractivity contribution in [3.63, 3.8) is 0 Å². The largest absolute Gasteiger partial charge is 0.385 e. The molecule has 0 saturated carbocycles. The van der Waals surface area contributed by atoms with Gasteiger partial charge in [-0.15, -0.1) is 0 Å². The van der Waals surface area contributed by atoms with Gasteiger partial charge in [-0.25, -0.2) is 4.63 Å². The van der Waals surface area contributed by atoms with Crippen molar-refractivity contribution >= 4 is 11.0 Å². The van der Waals surface area contributed by atoms with E-state index in [1.165, 1.54) is 0 Å². The maximum absolute atomic E-state index is 10.3. The minimum absolute atomic E-state index is 0.562. The predicted octanol–water partition coefficient (Wildman–Crippen LogP) is 1.42. The summed E-state index contributed by atoms with van der Waals surface area (Å²) < 4.78 is 6.91. The molecule has 138 valence electrons. The summed E-state index contributed by atoms with van der Waals surface area (Å²) in [4.78, 5) is 4.35. The lowest BCUT2D eigenvalue weighted by Crippen LogP contribution is -2.23. The summed E-state index contributed by atoms with van der Waals surface area (Å²) in [7, 11) is 3.90. The van der Waals surface area contributed by atoms with Gasteiger partial charge in [-0.3, -0.25) is 9.58 Å². The molecule has 1 aromatic carbocycles. The highest BCUT2D eigenvalue weighted by atomic mass is 16.6.